The summed E-state index contributed by atoms with van der Waals surface area (Å²) in [6.45, 7) is 9.00. The van der Waals surface area contributed by atoms with Crippen molar-refractivity contribution in [2.45, 2.75) is 52.4 Å². The third-order valence-corrected chi connectivity index (χ3v) is 4.07. The van der Waals surface area contributed by atoms with Gasteiger partial charge in [0.25, 0.3) is 0 Å². The molecule has 1 fully saturated rings. The minimum absolute atomic E-state index is 0.560. The summed E-state index contributed by atoms with van der Waals surface area (Å²) in [5, 5.41) is 0. The van der Waals surface area contributed by atoms with E-state index in [9.17, 15) is 0 Å². The van der Waals surface area contributed by atoms with E-state index >= 15 is 0 Å². The van der Waals surface area contributed by atoms with Crippen molar-refractivity contribution >= 4 is 6.21 Å². The van der Waals surface area contributed by atoms with Crippen LogP contribution < -0.4 is 0 Å². The first-order chi connectivity index (χ1) is 9.15. The first-order valence-electron chi connectivity index (χ1n) is 7.48. The maximum absolute atomic E-state index is 5.86. The molecule has 2 heteroatoms. The monoisotopic (exact) mass is 260 g/mol. The molecule has 0 spiro atoms. The highest BCUT2D eigenvalue weighted by Gasteiger charge is 2.23. The topological polar surface area (TPSA) is 21.6 Å². The van der Waals surface area contributed by atoms with Gasteiger partial charge in [0, 0.05) is 17.7 Å². The summed E-state index contributed by atoms with van der Waals surface area (Å²) >= 11 is 0. The van der Waals surface area contributed by atoms with Crippen LogP contribution in [0.2, 0.25) is 0 Å². The number of hydrogen-bond acceptors (Lipinski definition) is 2. The van der Waals surface area contributed by atoms with Gasteiger partial charge in [-0.05, 0) is 37.5 Å². The second-order valence-corrected chi connectivity index (χ2v) is 6.24. The second-order valence-electron chi connectivity index (χ2n) is 6.24. The Hall–Kier alpha value is -1.05. The quantitative estimate of drug-likeness (QED) is 0.675. The molecule has 1 aliphatic carbocycles. The average molecular weight is 260 g/mol. The largest absolute Gasteiger partial charge is 0.491 e. The Morgan fingerprint density at radius 3 is 2.95 bits per heavy atom. The fourth-order valence-electron chi connectivity index (χ4n) is 3.13. The van der Waals surface area contributed by atoms with Crippen LogP contribution in [0.25, 0.3) is 0 Å². The third-order valence-electron chi connectivity index (χ3n) is 4.07. The van der Waals surface area contributed by atoms with Gasteiger partial charge in [0.2, 0.25) is 0 Å². The molecule has 1 aliphatic heterocycles. The van der Waals surface area contributed by atoms with Crippen molar-refractivity contribution in [1.82, 2.24) is 0 Å². The molecule has 0 aromatic rings. The van der Waals surface area contributed by atoms with E-state index in [2.05, 4.69) is 25.4 Å². The summed E-state index contributed by atoms with van der Waals surface area (Å²) in [5.41, 5.74) is 0.953. The van der Waals surface area contributed by atoms with Crippen molar-refractivity contribution in [2.75, 3.05) is 6.61 Å². The second kappa shape index (κ2) is 6.93. The molecule has 2 nitrogen and oxygen atoms in total. The highest BCUT2D eigenvalue weighted by atomic mass is 16.5. The normalized spacial score (nSPS) is 28.6. The van der Waals surface area contributed by atoms with Crippen molar-refractivity contribution < 1.29 is 4.74 Å². The summed E-state index contributed by atoms with van der Waals surface area (Å²) in [5.74, 6) is 4.08. The molecule has 2 aliphatic rings. The molecule has 2 rings (SSSR count). The molecule has 2 unspecified atom stereocenters. The van der Waals surface area contributed by atoms with Crippen LogP contribution in [0.1, 0.15) is 52.4 Å². The maximum Gasteiger partial charge on any atom is 0.118 e. The lowest BCUT2D eigenvalue weighted by molar-refractivity contribution is 0.194. The molecule has 0 saturated heterocycles. The van der Waals surface area contributed by atoms with Crippen LogP contribution in [0.3, 0.4) is 0 Å². The Labute approximate surface area is 117 Å². The molecule has 19 heavy (non-hydrogen) atoms. The van der Waals surface area contributed by atoms with E-state index in [0.717, 1.165) is 17.3 Å². The minimum atomic E-state index is 0.560. The number of aliphatic imine (C=N–C) groups is 1. The van der Waals surface area contributed by atoms with Gasteiger partial charge in [-0.2, -0.15) is 0 Å². The smallest absolute Gasteiger partial charge is 0.118 e. The first-order valence-corrected chi connectivity index (χ1v) is 7.48. The fourth-order valence-corrected chi connectivity index (χ4v) is 3.13. The third kappa shape index (κ3) is 4.52. The molecular formula is C17H26NO. The Morgan fingerprint density at radius 1 is 1.32 bits per heavy atom. The van der Waals surface area contributed by atoms with Crippen molar-refractivity contribution in [3.8, 4) is 0 Å². The zero-order valence-electron chi connectivity index (χ0n) is 12.3. The molecule has 2 atom stereocenters. The summed E-state index contributed by atoms with van der Waals surface area (Å²) < 4.78 is 5.86. The standard InChI is InChI=1S/C17H26NO/c1-13(2)9-15-5-4-6-16(8-7-15)17-11-18-10-14(3)12-19-17/h10-11,15-16H,3-9,12H2,1-2H3. The van der Waals surface area contributed by atoms with E-state index in [1.54, 1.807) is 5.92 Å². The van der Waals surface area contributed by atoms with E-state index in [-0.39, 0.29) is 0 Å². The molecule has 0 amide bonds. The molecule has 0 bridgehead atoms. The van der Waals surface area contributed by atoms with Gasteiger partial charge in [-0.15, -0.1) is 0 Å². The number of ether oxygens (including phenoxy) is 1. The van der Waals surface area contributed by atoms with E-state index in [0.29, 0.717) is 12.5 Å². The molecule has 105 valence electrons. The molecule has 0 aromatic heterocycles. The predicted molar refractivity (Wildman–Crippen MR) is 80.9 cm³/mol. The van der Waals surface area contributed by atoms with Gasteiger partial charge in [-0.1, -0.05) is 33.3 Å². The predicted octanol–water partition coefficient (Wildman–Crippen LogP) is 4.69. The Morgan fingerprint density at radius 2 is 2.16 bits per heavy atom. The molecule has 1 heterocycles. The van der Waals surface area contributed by atoms with Gasteiger partial charge in [-0.3, -0.25) is 4.99 Å². The zero-order chi connectivity index (χ0) is 13.7. The van der Waals surface area contributed by atoms with Crippen molar-refractivity contribution in [3.05, 3.63) is 30.0 Å². The van der Waals surface area contributed by atoms with E-state index in [4.69, 9.17) is 4.74 Å². The zero-order valence-corrected chi connectivity index (χ0v) is 12.3. The van der Waals surface area contributed by atoms with Crippen LogP contribution in [-0.2, 0) is 4.74 Å². The van der Waals surface area contributed by atoms with E-state index in [1.807, 2.05) is 12.4 Å². The summed E-state index contributed by atoms with van der Waals surface area (Å²) in [6, 6.07) is 0. The molecular weight excluding hydrogens is 234 g/mol. The summed E-state index contributed by atoms with van der Waals surface area (Å²) in [6.07, 6.45) is 11.5. The van der Waals surface area contributed by atoms with Crippen molar-refractivity contribution in [1.29, 1.82) is 0 Å². The molecule has 0 aromatic carbocycles. The van der Waals surface area contributed by atoms with Crippen LogP contribution in [0.5, 0.6) is 0 Å². The van der Waals surface area contributed by atoms with Gasteiger partial charge in [0.1, 0.15) is 12.4 Å². The van der Waals surface area contributed by atoms with Crippen LogP contribution in [0, 0.1) is 17.8 Å². The van der Waals surface area contributed by atoms with Crippen LogP contribution in [0.15, 0.2) is 29.1 Å². The minimum Gasteiger partial charge on any atom is -0.491 e. The van der Waals surface area contributed by atoms with E-state index < -0.39 is 0 Å². The summed E-state index contributed by atoms with van der Waals surface area (Å²) in [7, 11) is 0. The van der Waals surface area contributed by atoms with Gasteiger partial charge in [0.15, 0.2) is 0 Å². The van der Waals surface area contributed by atoms with Crippen LogP contribution in [-0.4, -0.2) is 12.8 Å². The Kier molecular flexibility index (Phi) is 5.24. The average Bonchev–Trinajstić information content (AvgIpc) is 2.69. The molecule has 1 radical (unpaired) electrons. The SMILES string of the molecule is C=C1C=NC=C(C2CCCC(C[C](C)C)CC2)OC1. The van der Waals surface area contributed by atoms with Gasteiger partial charge in [-0.25, -0.2) is 0 Å². The first kappa shape index (κ1) is 14.4. The fraction of sp³-hybridized carbons (Fsp3) is 0.647. The lowest BCUT2D eigenvalue weighted by Gasteiger charge is -2.18. The molecule has 1 saturated carbocycles. The number of hydrogen-bond donors (Lipinski definition) is 0. The van der Waals surface area contributed by atoms with Crippen LogP contribution >= 0.6 is 0 Å². The lowest BCUT2D eigenvalue weighted by Crippen LogP contribution is -2.08. The Bertz CT molecular complexity index is 367. The van der Waals surface area contributed by atoms with Gasteiger partial charge in [0.05, 0.1) is 6.20 Å². The van der Waals surface area contributed by atoms with Crippen molar-refractivity contribution in [3.63, 3.8) is 0 Å². The van der Waals surface area contributed by atoms with Crippen molar-refractivity contribution in [2.24, 2.45) is 16.8 Å². The van der Waals surface area contributed by atoms with Gasteiger partial charge < -0.3 is 4.74 Å². The number of rotatable bonds is 3. The van der Waals surface area contributed by atoms with Crippen LogP contribution in [0.4, 0.5) is 0 Å². The van der Waals surface area contributed by atoms with Gasteiger partial charge >= 0.3 is 0 Å². The number of allylic oxidation sites excluding steroid dienone is 1. The maximum atomic E-state index is 5.86. The van der Waals surface area contributed by atoms with E-state index in [1.165, 1.54) is 38.5 Å². The Balaban J connectivity index is 1.90. The highest BCUT2D eigenvalue weighted by molar-refractivity contribution is 5.78. The summed E-state index contributed by atoms with van der Waals surface area (Å²) in [4.78, 5) is 4.29. The highest BCUT2D eigenvalue weighted by Crippen LogP contribution is 2.35. The lowest BCUT2D eigenvalue weighted by atomic mass is 9.90. The molecule has 0 N–H and O–H groups in total. The number of nitrogens with zero attached hydrogens (tertiary/aromatic N) is 1.